The second kappa shape index (κ2) is 3.88. The minimum atomic E-state index is 0.286. The van der Waals surface area contributed by atoms with Gasteiger partial charge in [-0.05, 0) is 17.7 Å². The minimum absolute atomic E-state index is 0.286. The molecule has 72 valence electrons. The van der Waals surface area contributed by atoms with Gasteiger partial charge in [0.15, 0.2) is 0 Å². The van der Waals surface area contributed by atoms with E-state index in [1.165, 1.54) is 0 Å². The topological polar surface area (TPSA) is 30.0 Å². The zero-order valence-electron chi connectivity index (χ0n) is 7.99. The number of nitrogens with zero attached hydrogens (tertiary/aromatic N) is 1. The molecule has 0 saturated heterocycles. The zero-order chi connectivity index (χ0) is 9.97. The molecule has 2 rings (SSSR count). The molecule has 0 bridgehead atoms. The van der Waals surface area contributed by atoms with Crippen molar-refractivity contribution in [1.82, 2.24) is 4.98 Å². The van der Waals surface area contributed by atoms with E-state index < -0.39 is 0 Å². The fourth-order valence-electron chi connectivity index (χ4n) is 1.36. The van der Waals surface area contributed by atoms with Crippen molar-refractivity contribution in [3.63, 3.8) is 0 Å². The maximum atomic E-state index is 11.2. The van der Waals surface area contributed by atoms with Crippen LogP contribution in [0.5, 0.6) is 0 Å². The van der Waals surface area contributed by atoms with Gasteiger partial charge in [-0.2, -0.15) is 0 Å². The van der Waals surface area contributed by atoms with Crippen molar-refractivity contribution in [3.05, 3.63) is 29.3 Å². The highest BCUT2D eigenvalue weighted by atomic mass is 32.1. The second-order valence-corrected chi connectivity index (χ2v) is 4.11. The van der Waals surface area contributed by atoms with Crippen molar-refractivity contribution in [2.45, 2.75) is 19.8 Å². The highest BCUT2D eigenvalue weighted by Crippen LogP contribution is 2.19. The molecule has 1 heterocycles. The van der Waals surface area contributed by atoms with Crippen molar-refractivity contribution >= 4 is 27.3 Å². The Morgan fingerprint density at radius 3 is 3.14 bits per heavy atom. The van der Waals surface area contributed by atoms with Gasteiger partial charge >= 0.3 is 0 Å². The van der Waals surface area contributed by atoms with Gasteiger partial charge in [-0.25, -0.2) is 4.98 Å². The number of aromatic nitrogens is 1. The molecule has 0 fully saturated rings. The van der Waals surface area contributed by atoms with E-state index in [-0.39, 0.29) is 5.78 Å². The first-order valence-electron chi connectivity index (χ1n) is 4.63. The Balaban J connectivity index is 2.30. The maximum Gasteiger partial charge on any atom is 0.136 e. The summed E-state index contributed by atoms with van der Waals surface area (Å²) in [4.78, 5) is 15.4. The lowest BCUT2D eigenvalue weighted by atomic mass is 10.1. The Morgan fingerprint density at radius 1 is 1.50 bits per heavy atom. The highest BCUT2D eigenvalue weighted by Gasteiger charge is 2.02. The molecule has 1 aromatic heterocycles. The average Bonchev–Trinajstić information content (AvgIpc) is 2.64. The van der Waals surface area contributed by atoms with E-state index >= 15 is 0 Å². The number of carbonyl (C=O) groups is 1. The van der Waals surface area contributed by atoms with Gasteiger partial charge < -0.3 is 0 Å². The summed E-state index contributed by atoms with van der Waals surface area (Å²) in [5, 5.41) is 0. The molecule has 0 saturated carbocycles. The van der Waals surface area contributed by atoms with Gasteiger partial charge in [0, 0.05) is 12.8 Å². The quantitative estimate of drug-likeness (QED) is 0.771. The number of thiazole rings is 1. The first kappa shape index (κ1) is 9.34. The summed E-state index contributed by atoms with van der Waals surface area (Å²) in [6, 6.07) is 6.01. The number of fused-ring (bicyclic) bond motifs is 1. The fourth-order valence-corrected chi connectivity index (χ4v) is 2.10. The Hall–Kier alpha value is -1.22. The maximum absolute atomic E-state index is 11.2. The van der Waals surface area contributed by atoms with Gasteiger partial charge in [-0.1, -0.05) is 13.0 Å². The average molecular weight is 205 g/mol. The van der Waals surface area contributed by atoms with Crippen molar-refractivity contribution in [2.75, 3.05) is 0 Å². The van der Waals surface area contributed by atoms with Crippen LogP contribution in [-0.2, 0) is 11.2 Å². The molecule has 0 unspecified atom stereocenters. The molecular weight excluding hydrogens is 194 g/mol. The standard InChI is InChI=1S/C11H11NOS/c1-2-9(13)5-8-3-4-10-11(6-8)14-7-12-10/h3-4,6-7H,2,5H2,1H3. The van der Waals surface area contributed by atoms with Crippen LogP contribution >= 0.6 is 11.3 Å². The van der Waals surface area contributed by atoms with Gasteiger partial charge in [-0.3, -0.25) is 4.79 Å². The molecule has 0 radical (unpaired) electrons. The molecule has 0 atom stereocenters. The molecule has 3 heteroatoms. The summed E-state index contributed by atoms with van der Waals surface area (Å²) in [5.41, 5.74) is 3.94. The molecule has 2 aromatic rings. The number of hydrogen-bond acceptors (Lipinski definition) is 3. The number of Topliss-reactive ketones (excluding diaryl/α,β-unsaturated/α-hetero) is 1. The number of hydrogen-bond donors (Lipinski definition) is 0. The van der Waals surface area contributed by atoms with Crippen molar-refractivity contribution < 1.29 is 4.79 Å². The van der Waals surface area contributed by atoms with E-state index in [0.717, 1.165) is 15.8 Å². The summed E-state index contributed by atoms with van der Waals surface area (Å²) < 4.78 is 1.16. The predicted octanol–water partition coefficient (Wildman–Crippen LogP) is 2.82. The smallest absolute Gasteiger partial charge is 0.136 e. The lowest BCUT2D eigenvalue weighted by Gasteiger charge is -1.98. The first-order valence-corrected chi connectivity index (χ1v) is 5.51. The van der Waals surface area contributed by atoms with Crippen molar-refractivity contribution in [1.29, 1.82) is 0 Å². The molecule has 0 aliphatic carbocycles. The van der Waals surface area contributed by atoms with E-state index in [0.29, 0.717) is 12.8 Å². The number of carbonyl (C=O) groups excluding carboxylic acids is 1. The summed E-state index contributed by atoms with van der Waals surface area (Å²) in [5.74, 6) is 0.286. The van der Waals surface area contributed by atoms with Gasteiger partial charge in [-0.15, -0.1) is 11.3 Å². The summed E-state index contributed by atoms with van der Waals surface area (Å²) >= 11 is 1.61. The summed E-state index contributed by atoms with van der Waals surface area (Å²) in [6.45, 7) is 1.90. The normalized spacial score (nSPS) is 10.6. The van der Waals surface area contributed by atoms with Gasteiger partial charge in [0.25, 0.3) is 0 Å². The Bertz CT molecular complexity index is 461. The van der Waals surface area contributed by atoms with Gasteiger partial charge in [0.2, 0.25) is 0 Å². The van der Waals surface area contributed by atoms with E-state index in [1.807, 2.05) is 24.6 Å². The van der Waals surface area contributed by atoms with E-state index in [4.69, 9.17) is 0 Å². The number of ketones is 1. The molecule has 0 spiro atoms. The molecule has 1 aromatic carbocycles. The minimum Gasteiger partial charge on any atom is -0.299 e. The van der Waals surface area contributed by atoms with Crippen LogP contribution in [-0.4, -0.2) is 10.8 Å². The second-order valence-electron chi connectivity index (χ2n) is 3.22. The highest BCUT2D eigenvalue weighted by molar-refractivity contribution is 7.16. The van der Waals surface area contributed by atoms with Crippen molar-refractivity contribution in [3.8, 4) is 0 Å². The Kier molecular flexibility index (Phi) is 2.59. The summed E-state index contributed by atoms with van der Waals surface area (Å²) in [7, 11) is 0. The van der Waals surface area contributed by atoms with Crippen LogP contribution in [0.4, 0.5) is 0 Å². The lowest BCUT2D eigenvalue weighted by Crippen LogP contribution is -1.99. The Labute approximate surface area is 86.6 Å². The van der Waals surface area contributed by atoms with Crippen LogP contribution in [0.15, 0.2) is 23.7 Å². The molecule has 0 amide bonds. The lowest BCUT2D eigenvalue weighted by molar-refractivity contribution is -0.118. The van der Waals surface area contributed by atoms with Gasteiger partial charge in [0.05, 0.1) is 15.7 Å². The van der Waals surface area contributed by atoms with E-state index in [1.54, 1.807) is 11.3 Å². The van der Waals surface area contributed by atoms with Crippen LogP contribution in [0.3, 0.4) is 0 Å². The molecule has 0 aliphatic heterocycles. The van der Waals surface area contributed by atoms with Crippen LogP contribution in [0, 0.1) is 0 Å². The largest absolute Gasteiger partial charge is 0.299 e. The monoisotopic (exact) mass is 205 g/mol. The van der Waals surface area contributed by atoms with E-state index in [2.05, 4.69) is 11.1 Å². The molecule has 0 aliphatic rings. The van der Waals surface area contributed by atoms with Crippen LogP contribution in [0.25, 0.3) is 10.2 Å². The summed E-state index contributed by atoms with van der Waals surface area (Å²) in [6.07, 6.45) is 1.16. The predicted molar refractivity (Wildman–Crippen MR) is 58.6 cm³/mol. The van der Waals surface area contributed by atoms with Crippen LogP contribution in [0.2, 0.25) is 0 Å². The Morgan fingerprint density at radius 2 is 2.36 bits per heavy atom. The SMILES string of the molecule is CCC(=O)Cc1ccc2ncsc2c1. The third-order valence-electron chi connectivity index (χ3n) is 2.19. The number of rotatable bonds is 3. The fraction of sp³-hybridized carbons (Fsp3) is 0.273. The van der Waals surface area contributed by atoms with Crippen molar-refractivity contribution in [2.24, 2.45) is 0 Å². The third kappa shape index (κ3) is 1.82. The molecule has 2 nitrogen and oxygen atoms in total. The number of benzene rings is 1. The molecule has 14 heavy (non-hydrogen) atoms. The van der Waals surface area contributed by atoms with Crippen LogP contribution in [0.1, 0.15) is 18.9 Å². The molecule has 0 N–H and O–H groups in total. The third-order valence-corrected chi connectivity index (χ3v) is 2.98. The first-order chi connectivity index (χ1) is 6.79. The van der Waals surface area contributed by atoms with E-state index in [9.17, 15) is 4.79 Å². The molecular formula is C11H11NOS. The zero-order valence-corrected chi connectivity index (χ0v) is 8.80. The van der Waals surface area contributed by atoms with Gasteiger partial charge in [0.1, 0.15) is 5.78 Å². The van der Waals surface area contributed by atoms with Crippen LogP contribution < -0.4 is 0 Å².